The average molecular weight is 242 g/mol. The van der Waals surface area contributed by atoms with Crippen molar-refractivity contribution in [3.05, 3.63) is 28.3 Å². The molecule has 0 aliphatic heterocycles. The van der Waals surface area contributed by atoms with Gasteiger partial charge in [-0.2, -0.15) is 0 Å². The minimum Gasteiger partial charge on any atom is -0.493 e. The fourth-order valence-electron chi connectivity index (χ4n) is 1.14. The number of nitrogens with zero attached hydrogens (tertiary/aromatic N) is 1. The third-order valence-electron chi connectivity index (χ3n) is 2.06. The smallest absolute Gasteiger partial charge is 0.273 e. The molecule has 7 nitrogen and oxygen atoms in total. The van der Waals surface area contributed by atoms with Gasteiger partial charge in [0.05, 0.1) is 18.1 Å². The van der Waals surface area contributed by atoms with Crippen molar-refractivity contribution in [3.8, 4) is 11.5 Å². The van der Waals surface area contributed by atoms with E-state index >= 15 is 0 Å². The van der Waals surface area contributed by atoms with Crippen molar-refractivity contribution >= 4 is 5.69 Å². The van der Waals surface area contributed by atoms with Crippen LogP contribution in [0.25, 0.3) is 0 Å². The molecule has 17 heavy (non-hydrogen) atoms. The number of non-ortho nitro benzene ring substituents is 1. The van der Waals surface area contributed by atoms with Crippen molar-refractivity contribution in [2.45, 2.75) is 6.10 Å². The topological polar surface area (TPSA) is 108 Å². The second-order valence-electron chi connectivity index (χ2n) is 3.29. The van der Waals surface area contributed by atoms with Crippen LogP contribution in [0.15, 0.2) is 18.2 Å². The lowest BCUT2D eigenvalue weighted by Gasteiger charge is -2.12. The lowest BCUT2D eigenvalue weighted by molar-refractivity contribution is -0.384. The van der Waals surface area contributed by atoms with Crippen LogP contribution < -0.4 is 15.2 Å². The Hall–Kier alpha value is -1.86. The van der Waals surface area contributed by atoms with E-state index in [1.54, 1.807) is 0 Å². The molecule has 1 aromatic rings. The van der Waals surface area contributed by atoms with Gasteiger partial charge in [-0.05, 0) is 6.07 Å². The molecule has 0 aromatic heterocycles. The second-order valence-corrected chi connectivity index (χ2v) is 3.29. The van der Waals surface area contributed by atoms with Gasteiger partial charge in [-0.3, -0.25) is 10.1 Å². The van der Waals surface area contributed by atoms with Crippen LogP contribution in [0.1, 0.15) is 0 Å². The first-order valence-electron chi connectivity index (χ1n) is 4.91. The van der Waals surface area contributed by atoms with Crippen LogP contribution in [-0.4, -0.2) is 36.4 Å². The minimum atomic E-state index is -0.783. The number of nitro groups is 1. The molecule has 1 rings (SSSR count). The lowest BCUT2D eigenvalue weighted by Crippen LogP contribution is -2.26. The van der Waals surface area contributed by atoms with E-state index in [0.29, 0.717) is 5.75 Å². The molecule has 0 fully saturated rings. The average Bonchev–Trinajstić information content (AvgIpc) is 2.35. The van der Waals surface area contributed by atoms with Crippen molar-refractivity contribution in [2.75, 3.05) is 20.3 Å². The Bertz CT molecular complexity index is 396. The number of ether oxygens (including phenoxy) is 2. The summed E-state index contributed by atoms with van der Waals surface area (Å²) in [5.41, 5.74) is 5.13. The first kappa shape index (κ1) is 13.2. The SMILES string of the molecule is COc1cc([N+](=O)[O-])ccc1OCC(O)CN. The van der Waals surface area contributed by atoms with E-state index in [-0.39, 0.29) is 24.6 Å². The van der Waals surface area contributed by atoms with Crippen molar-refractivity contribution in [2.24, 2.45) is 5.73 Å². The van der Waals surface area contributed by atoms with E-state index in [2.05, 4.69) is 0 Å². The molecule has 0 bridgehead atoms. The van der Waals surface area contributed by atoms with E-state index in [9.17, 15) is 15.2 Å². The highest BCUT2D eigenvalue weighted by molar-refractivity contribution is 5.48. The molecule has 0 saturated heterocycles. The zero-order valence-electron chi connectivity index (χ0n) is 9.33. The van der Waals surface area contributed by atoms with Crippen molar-refractivity contribution in [1.82, 2.24) is 0 Å². The Balaban J connectivity index is 2.82. The molecule has 0 saturated carbocycles. The first-order valence-corrected chi connectivity index (χ1v) is 4.91. The molecule has 0 spiro atoms. The molecule has 3 N–H and O–H groups in total. The number of hydrogen-bond acceptors (Lipinski definition) is 6. The van der Waals surface area contributed by atoms with Crippen LogP contribution in [0.4, 0.5) is 5.69 Å². The Labute approximate surface area is 97.9 Å². The third kappa shape index (κ3) is 3.58. The Morgan fingerprint density at radius 3 is 2.76 bits per heavy atom. The largest absolute Gasteiger partial charge is 0.493 e. The molecule has 0 amide bonds. The van der Waals surface area contributed by atoms with Gasteiger partial charge < -0.3 is 20.3 Å². The zero-order chi connectivity index (χ0) is 12.8. The number of aliphatic hydroxyl groups excluding tert-OH is 1. The van der Waals surface area contributed by atoms with Crippen LogP contribution in [-0.2, 0) is 0 Å². The molecule has 0 aliphatic rings. The van der Waals surface area contributed by atoms with Crippen LogP contribution in [0, 0.1) is 10.1 Å². The highest BCUT2D eigenvalue weighted by Crippen LogP contribution is 2.31. The molecule has 1 unspecified atom stereocenters. The molecular formula is C10H14N2O5. The molecule has 1 atom stereocenters. The molecular weight excluding hydrogens is 228 g/mol. The third-order valence-corrected chi connectivity index (χ3v) is 2.06. The molecule has 7 heteroatoms. The second kappa shape index (κ2) is 6.02. The summed E-state index contributed by atoms with van der Waals surface area (Å²) in [6.07, 6.45) is -0.783. The number of benzene rings is 1. The van der Waals surface area contributed by atoms with Gasteiger partial charge in [0, 0.05) is 12.6 Å². The normalized spacial score (nSPS) is 11.9. The summed E-state index contributed by atoms with van der Waals surface area (Å²) in [6.45, 7) is 0.0833. The van der Waals surface area contributed by atoms with Crippen molar-refractivity contribution in [1.29, 1.82) is 0 Å². The predicted octanol–water partition coefficient (Wildman–Crippen LogP) is 0.302. The fraction of sp³-hybridized carbons (Fsp3) is 0.400. The minimum absolute atomic E-state index is 0.00463. The molecule has 1 aromatic carbocycles. The van der Waals surface area contributed by atoms with Crippen LogP contribution in [0.2, 0.25) is 0 Å². The van der Waals surface area contributed by atoms with Crippen LogP contribution >= 0.6 is 0 Å². The monoisotopic (exact) mass is 242 g/mol. The molecule has 0 heterocycles. The van der Waals surface area contributed by atoms with E-state index in [1.807, 2.05) is 0 Å². The molecule has 0 radical (unpaired) electrons. The van der Waals surface area contributed by atoms with E-state index < -0.39 is 11.0 Å². The zero-order valence-corrected chi connectivity index (χ0v) is 9.33. The summed E-state index contributed by atoms with van der Waals surface area (Å²) in [5.74, 6) is 0.564. The van der Waals surface area contributed by atoms with Crippen molar-refractivity contribution in [3.63, 3.8) is 0 Å². The van der Waals surface area contributed by atoms with Gasteiger partial charge in [0.2, 0.25) is 0 Å². The van der Waals surface area contributed by atoms with Gasteiger partial charge in [-0.1, -0.05) is 0 Å². The maximum absolute atomic E-state index is 10.5. The highest BCUT2D eigenvalue weighted by Gasteiger charge is 2.13. The summed E-state index contributed by atoms with van der Waals surface area (Å²) < 4.78 is 10.2. The number of nitrogens with two attached hydrogens (primary N) is 1. The predicted molar refractivity (Wildman–Crippen MR) is 60.2 cm³/mol. The summed E-state index contributed by atoms with van der Waals surface area (Å²) in [6, 6.07) is 3.97. The Morgan fingerprint density at radius 2 is 2.24 bits per heavy atom. The molecule has 94 valence electrons. The fourth-order valence-corrected chi connectivity index (χ4v) is 1.14. The maximum atomic E-state index is 10.5. The van der Waals surface area contributed by atoms with Gasteiger partial charge in [-0.25, -0.2) is 0 Å². The first-order chi connectivity index (χ1) is 8.08. The lowest BCUT2D eigenvalue weighted by atomic mass is 10.3. The van der Waals surface area contributed by atoms with Gasteiger partial charge in [-0.15, -0.1) is 0 Å². The number of rotatable bonds is 6. The number of hydrogen-bond donors (Lipinski definition) is 2. The van der Waals surface area contributed by atoms with Crippen LogP contribution in [0.5, 0.6) is 11.5 Å². The number of nitro benzene ring substituents is 1. The maximum Gasteiger partial charge on any atom is 0.273 e. The highest BCUT2D eigenvalue weighted by atomic mass is 16.6. The van der Waals surface area contributed by atoms with Gasteiger partial charge in [0.1, 0.15) is 12.7 Å². The quantitative estimate of drug-likeness (QED) is 0.548. The summed E-state index contributed by atoms with van der Waals surface area (Å²) >= 11 is 0. The van der Waals surface area contributed by atoms with Gasteiger partial charge in [0.15, 0.2) is 11.5 Å². The Morgan fingerprint density at radius 1 is 1.53 bits per heavy atom. The van der Waals surface area contributed by atoms with Crippen LogP contribution in [0.3, 0.4) is 0 Å². The summed E-state index contributed by atoms with van der Waals surface area (Å²) in [7, 11) is 1.38. The Kier molecular flexibility index (Phi) is 4.68. The summed E-state index contributed by atoms with van der Waals surface area (Å²) in [4.78, 5) is 10.0. The van der Waals surface area contributed by atoms with E-state index in [1.165, 1.54) is 25.3 Å². The van der Waals surface area contributed by atoms with E-state index in [4.69, 9.17) is 15.2 Å². The van der Waals surface area contributed by atoms with Crippen molar-refractivity contribution < 1.29 is 19.5 Å². The van der Waals surface area contributed by atoms with Gasteiger partial charge >= 0.3 is 0 Å². The summed E-state index contributed by atoms with van der Waals surface area (Å²) in [5, 5.41) is 19.8. The standard InChI is InChI=1S/C10H14N2O5/c1-16-10-4-7(12(14)15)2-3-9(10)17-6-8(13)5-11/h2-4,8,13H,5-6,11H2,1H3. The number of aliphatic hydroxyl groups is 1. The van der Waals surface area contributed by atoms with E-state index in [0.717, 1.165) is 0 Å². The van der Waals surface area contributed by atoms with Gasteiger partial charge in [0.25, 0.3) is 5.69 Å². The number of methoxy groups -OCH3 is 1. The molecule has 0 aliphatic carbocycles.